The maximum atomic E-state index is 10.8. The van der Waals surface area contributed by atoms with E-state index in [1.54, 1.807) is 12.1 Å². The van der Waals surface area contributed by atoms with E-state index < -0.39 is 0 Å². The van der Waals surface area contributed by atoms with Crippen LogP contribution in [-0.2, 0) is 4.79 Å². The van der Waals surface area contributed by atoms with Crippen LogP contribution in [-0.4, -0.2) is 5.91 Å². The highest BCUT2D eigenvalue weighted by Gasteiger charge is 2.01. The molecular formula is C10H11NO2. The summed E-state index contributed by atoms with van der Waals surface area (Å²) in [6.45, 7) is 4.89. The van der Waals surface area contributed by atoms with Crippen LogP contribution in [0.1, 0.15) is 6.92 Å². The second-order valence-corrected chi connectivity index (χ2v) is 2.46. The molecule has 1 N–H and O–H groups in total. The molecule has 3 nitrogen and oxygen atoms in total. The molecule has 1 amide bonds. The van der Waals surface area contributed by atoms with Gasteiger partial charge in [-0.25, -0.2) is 0 Å². The number of hydrogen-bond donors (Lipinski definition) is 1. The fourth-order valence-corrected chi connectivity index (χ4v) is 0.952. The Bertz CT molecular complexity index is 320. The van der Waals surface area contributed by atoms with Crippen molar-refractivity contribution in [3.63, 3.8) is 0 Å². The molecule has 0 spiro atoms. The van der Waals surface area contributed by atoms with Crippen LogP contribution < -0.4 is 10.1 Å². The van der Waals surface area contributed by atoms with Gasteiger partial charge in [-0.1, -0.05) is 18.7 Å². The minimum atomic E-state index is -0.125. The first kappa shape index (κ1) is 9.32. The quantitative estimate of drug-likeness (QED) is 0.718. The fraction of sp³-hybridized carbons (Fsp3) is 0.100. The van der Waals surface area contributed by atoms with Gasteiger partial charge in [0.1, 0.15) is 5.75 Å². The third-order valence-corrected chi connectivity index (χ3v) is 1.41. The number of para-hydroxylation sites is 2. The van der Waals surface area contributed by atoms with Gasteiger partial charge in [-0.2, -0.15) is 0 Å². The molecule has 0 bridgehead atoms. The van der Waals surface area contributed by atoms with Gasteiger partial charge in [-0.15, -0.1) is 0 Å². The first-order chi connectivity index (χ1) is 6.24. The SMILES string of the molecule is C=COc1ccccc1NC(C)=O. The zero-order valence-corrected chi connectivity index (χ0v) is 7.41. The van der Waals surface area contributed by atoms with Crippen LogP contribution in [0, 0.1) is 0 Å². The molecule has 0 aromatic heterocycles. The molecule has 1 aromatic rings. The highest BCUT2D eigenvalue weighted by atomic mass is 16.5. The summed E-state index contributed by atoms with van der Waals surface area (Å²) in [4.78, 5) is 10.8. The van der Waals surface area contributed by atoms with Gasteiger partial charge in [0.2, 0.25) is 5.91 Å². The maximum Gasteiger partial charge on any atom is 0.221 e. The van der Waals surface area contributed by atoms with Crippen LogP contribution in [0.15, 0.2) is 37.1 Å². The predicted octanol–water partition coefficient (Wildman–Crippen LogP) is 2.17. The minimum Gasteiger partial charge on any atom is -0.463 e. The van der Waals surface area contributed by atoms with Crippen LogP contribution in [0.3, 0.4) is 0 Å². The zero-order valence-electron chi connectivity index (χ0n) is 7.41. The Kier molecular flexibility index (Phi) is 3.09. The zero-order chi connectivity index (χ0) is 9.68. The van der Waals surface area contributed by atoms with Crippen molar-refractivity contribution in [1.29, 1.82) is 0 Å². The van der Waals surface area contributed by atoms with E-state index in [9.17, 15) is 4.79 Å². The minimum absolute atomic E-state index is 0.125. The summed E-state index contributed by atoms with van der Waals surface area (Å²) >= 11 is 0. The summed E-state index contributed by atoms with van der Waals surface area (Å²) in [5.74, 6) is 0.466. The van der Waals surface area contributed by atoms with E-state index in [1.165, 1.54) is 13.2 Å². The summed E-state index contributed by atoms with van der Waals surface area (Å²) < 4.78 is 5.09. The van der Waals surface area contributed by atoms with Crippen molar-refractivity contribution in [2.24, 2.45) is 0 Å². The molecule has 0 fully saturated rings. The Morgan fingerprint density at radius 1 is 1.54 bits per heavy atom. The molecule has 0 heterocycles. The summed E-state index contributed by atoms with van der Waals surface area (Å²) in [5, 5.41) is 2.65. The van der Waals surface area contributed by atoms with Crippen molar-refractivity contribution in [2.45, 2.75) is 6.92 Å². The van der Waals surface area contributed by atoms with Gasteiger partial charge in [0.15, 0.2) is 0 Å². The van der Waals surface area contributed by atoms with Crippen molar-refractivity contribution in [1.82, 2.24) is 0 Å². The van der Waals surface area contributed by atoms with Crippen molar-refractivity contribution >= 4 is 11.6 Å². The molecule has 13 heavy (non-hydrogen) atoms. The topological polar surface area (TPSA) is 38.3 Å². The number of amides is 1. The summed E-state index contributed by atoms with van der Waals surface area (Å²) in [6, 6.07) is 7.17. The average molecular weight is 177 g/mol. The van der Waals surface area contributed by atoms with Crippen LogP contribution in [0.5, 0.6) is 5.75 Å². The molecule has 1 aromatic carbocycles. The molecule has 1 rings (SSSR count). The van der Waals surface area contributed by atoms with Crippen LogP contribution in [0.4, 0.5) is 5.69 Å². The number of rotatable bonds is 3. The molecule has 3 heteroatoms. The smallest absolute Gasteiger partial charge is 0.221 e. The van der Waals surface area contributed by atoms with Gasteiger partial charge in [-0.05, 0) is 12.1 Å². The van der Waals surface area contributed by atoms with Gasteiger partial charge in [0.25, 0.3) is 0 Å². The number of ether oxygens (including phenoxy) is 1. The molecule has 0 radical (unpaired) electrons. The Morgan fingerprint density at radius 3 is 2.85 bits per heavy atom. The predicted molar refractivity (Wildman–Crippen MR) is 51.6 cm³/mol. The number of nitrogens with one attached hydrogen (secondary N) is 1. The standard InChI is InChI=1S/C10H11NO2/c1-3-13-10-7-5-4-6-9(10)11-8(2)12/h3-7H,1H2,2H3,(H,11,12). The lowest BCUT2D eigenvalue weighted by Crippen LogP contribution is -2.06. The normalized spacial score (nSPS) is 9.00. The van der Waals surface area contributed by atoms with Gasteiger partial charge < -0.3 is 10.1 Å². The lowest BCUT2D eigenvalue weighted by molar-refractivity contribution is -0.114. The molecule has 0 unspecified atom stereocenters. The Morgan fingerprint density at radius 2 is 2.23 bits per heavy atom. The monoisotopic (exact) mass is 177 g/mol. The lowest BCUT2D eigenvalue weighted by Gasteiger charge is -2.07. The molecule has 68 valence electrons. The lowest BCUT2D eigenvalue weighted by atomic mass is 10.3. The van der Waals surface area contributed by atoms with E-state index in [0.29, 0.717) is 11.4 Å². The van der Waals surface area contributed by atoms with Crippen molar-refractivity contribution in [2.75, 3.05) is 5.32 Å². The Labute approximate surface area is 77.0 Å². The van der Waals surface area contributed by atoms with Gasteiger partial charge >= 0.3 is 0 Å². The van der Waals surface area contributed by atoms with E-state index in [-0.39, 0.29) is 5.91 Å². The van der Waals surface area contributed by atoms with E-state index in [0.717, 1.165) is 0 Å². The Hall–Kier alpha value is -1.77. The van der Waals surface area contributed by atoms with Crippen LogP contribution in [0.25, 0.3) is 0 Å². The second-order valence-electron chi connectivity index (χ2n) is 2.46. The first-order valence-corrected chi connectivity index (χ1v) is 3.88. The third-order valence-electron chi connectivity index (χ3n) is 1.41. The van der Waals surface area contributed by atoms with Gasteiger partial charge in [0, 0.05) is 6.92 Å². The van der Waals surface area contributed by atoms with Crippen molar-refractivity contribution in [3.05, 3.63) is 37.1 Å². The van der Waals surface area contributed by atoms with E-state index in [4.69, 9.17) is 4.74 Å². The summed E-state index contributed by atoms with van der Waals surface area (Å²) in [6.07, 6.45) is 1.32. The molecule has 0 aliphatic carbocycles. The number of benzene rings is 1. The number of hydrogen-bond acceptors (Lipinski definition) is 2. The molecular weight excluding hydrogens is 166 g/mol. The first-order valence-electron chi connectivity index (χ1n) is 3.88. The van der Waals surface area contributed by atoms with Crippen LogP contribution in [0.2, 0.25) is 0 Å². The van der Waals surface area contributed by atoms with Crippen molar-refractivity contribution < 1.29 is 9.53 Å². The highest BCUT2D eigenvalue weighted by molar-refractivity contribution is 5.90. The average Bonchev–Trinajstić information content (AvgIpc) is 2.08. The third kappa shape index (κ3) is 2.63. The van der Waals surface area contributed by atoms with Gasteiger partial charge in [0.05, 0.1) is 11.9 Å². The van der Waals surface area contributed by atoms with E-state index in [1.807, 2.05) is 12.1 Å². The number of carbonyl (C=O) groups excluding carboxylic acids is 1. The van der Waals surface area contributed by atoms with E-state index in [2.05, 4.69) is 11.9 Å². The molecule has 0 aliphatic rings. The number of carbonyl (C=O) groups is 1. The van der Waals surface area contributed by atoms with Gasteiger partial charge in [-0.3, -0.25) is 4.79 Å². The molecule has 0 aliphatic heterocycles. The second kappa shape index (κ2) is 4.30. The van der Waals surface area contributed by atoms with Crippen molar-refractivity contribution in [3.8, 4) is 5.75 Å². The number of anilines is 1. The van der Waals surface area contributed by atoms with Crippen LogP contribution >= 0.6 is 0 Å². The largest absolute Gasteiger partial charge is 0.463 e. The fourth-order valence-electron chi connectivity index (χ4n) is 0.952. The summed E-state index contributed by atoms with van der Waals surface area (Å²) in [5.41, 5.74) is 0.648. The molecule has 0 saturated heterocycles. The summed E-state index contributed by atoms with van der Waals surface area (Å²) in [7, 11) is 0. The highest BCUT2D eigenvalue weighted by Crippen LogP contribution is 2.23. The maximum absolute atomic E-state index is 10.8. The van der Waals surface area contributed by atoms with E-state index >= 15 is 0 Å². The Balaban J connectivity index is 2.90. The molecule has 0 atom stereocenters. The molecule has 0 saturated carbocycles.